The molecule has 29 heavy (non-hydrogen) atoms. The van der Waals surface area contributed by atoms with E-state index in [0.717, 1.165) is 12.5 Å². The summed E-state index contributed by atoms with van der Waals surface area (Å²) in [6.07, 6.45) is 0.634. The Morgan fingerprint density at radius 1 is 1.10 bits per heavy atom. The molecule has 1 fully saturated rings. The molecule has 0 aromatic heterocycles. The van der Waals surface area contributed by atoms with E-state index < -0.39 is 29.1 Å². The van der Waals surface area contributed by atoms with Crippen molar-refractivity contribution in [2.24, 2.45) is 0 Å². The summed E-state index contributed by atoms with van der Waals surface area (Å²) in [6.45, 7) is 11.4. The molecule has 2 rings (SSSR count). The van der Waals surface area contributed by atoms with Gasteiger partial charge in [-0.3, -0.25) is 0 Å². The molecule has 6 nitrogen and oxygen atoms in total. The van der Waals surface area contributed by atoms with E-state index in [1.165, 1.54) is 6.07 Å². The van der Waals surface area contributed by atoms with Gasteiger partial charge >= 0.3 is 12.1 Å². The van der Waals surface area contributed by atoms with E-state index in [4.69, 9.17) is 25.8 Å². The quantitative estimate of drug-likeness (QED) is 0.617. The number of nitrogens with zero attached hydrogens (tertiary/aromatic N) is 1. The standard InChI is InChI=1S/C21H29ClFNO5/c1-20(2,3)28-18(25)14-10-15(22)17(11-16(14)23)27-13-8-7-9-24(12-13)19(26)29-21(4,5)6/h10-11,13H,7-9,12H2,1-6H3/t13-/m1/s1. The second-order valence-electron chi connectivity index (χ2n) is 9.07. The number of likely N-dealkylation sites (tertiary alicyclic amines) is 1. The van der Waals surface area contributed by atoms with Crippen LogP contribution < -0.4 is 4.74 Å². The minimum absolute atomic E-state index is 0.0988. The summed E-state index contributed by atoms with van der Waals surface area (Å²) in [4.78, 5) is 26.0. The first-order valence-electron chi connectivity index (χ1n) is 9.62. The van der Waals surface area contributed by atoms with E-state index in [9.17, 15) is 14.0 Å². The number of carbonyl (C=O) groups excluding carboxylic acids is 2. The summed E-state index contributed by atoms with van der Waals surface area (Å²) in [5.41, 5.74) is -1.59. The molecule has 0 radical (unpaired) electrons. The maximum absolute atomic E-state index is 14.5. The Hall–Kier alpha value is -2.02. The van der Waals surface area contributed by atoms with Crippen molar-refractivity contribution in [3.63, 3.8) is 0 Å². The predicted octanol–water partition coefficient (Wildman–Crippen LogP) is 5.21. The maximum atomic E-state index is 14.5. The summed E-state index contributed by atoms with van der Waals surface area (Å²) in [6, 6.07) is 2.28. The number of hydrogen-bond acceptors (Lipinski definition) is 5. The molecule has 162 valence electrons. The molecule has 0 unspecified atom stereocenters. The molecule has 0 N–H and O–H groups in total. The van der Waals surface area contributed by atoms with Gasteiger partial charge < -0.3 is 19.1 Å². The third kappa shape index (κ3) is 7.07. The van der Waals surface area contributed by atoms with E-state index in [2.05, 4.69) is 0 Å². The molecule has 1 aromatic rings. The van der Waals surface area contributed by atoms with Crippen LogP contribution in [0.25, 0.3) is 0 Å². The largest absolute Gasteiger partial charge is 0.487 e. The van der Waals surface area contributed by atoms with E-state index in [1.54, 1.807) is 46.4 Å². The third-order valence-corrected chi connectivity index (χ3v) is 4.26. The first-order chi connectivity index (χ1) is 13.2. The Morgan fingerprint density at radius 3 is 2.31 bits per heavy atom. The van der Waals surface area contributed by atoms with Gasteiger partial charge in [-0.05, 0) is 60.5 Å². The number of carbonyl (C=O) groups is 2. The number of ether oxygens (including phenoxy) is 3. The SMILES string of the molecule is CC(C)(C)OC(=O)c1cc(Cl)c(O[C@@H]2CCCN(C(=O)OC(C)(C)C)C2)cc1F. The van der Waals surface area contributed by atoms with Crippen LogP contribution in [0.1, 0.15) is 64.7 Å². The minimum atomic E-state index is -0.794. The van der Waals surface area contributed by atoms with E-state index in [0.29, 0.717) is 19.5 Å². The zero-order valence-electron chi connectivity index (χ0n) is 17.8. The molecule has 0 spiro atoms. The average molecular weight is 430 g/mol. The summed E-state index contributed by atoms with van der Waals surface area (Å²) < 4.78 is 30.9. The van der Waals surface area contributed by atoms with E-state index in [-0.39, 0.29) is 22.4 Å². The fourth-order valence-electron chi connectivity index (χ4n) is 2.81. The van der Waals surface area contributed by atoms with Gasteiger partial charge in [0, 0.05) is 12.6 Å². The van der Waals surface area contributed by atoms with E-state index >= 15 is 0 Å². The summed E-state index contributed by atoms with van der Waals surface area (Å²) >= 11 is 6.22. The number of piperidine rings is 1. The zero-order valence-corrected chi connectivity index (χ0v) is 18.6. The van der Waals surface area contributed by atoms with Gasteiger partial charge in [-0.25, -0.2) is 14.0 Å². The predicted molar refractivity (Wildman–Crippen MR) is 108 cm³/mol. The van der Waals surface area contributed by atoms with Crippen LogP contribution in [0.3, 0.4) is 0 Å². The van der Waals surface area contributed by atoms with Gasteiger partial charge in [0.2, 0.25) is 0 Å². The van der Waals surface area contributed by atoms with Crippen LogP contribution >= 0.6 is 11.6 Å². The van der Waals surface area contributed by atoms with Crippen LogP contribution in [0, 0.1) is 5.82 Å². The van der Waals surface area contributed by atoms with Crippen molar-refractivity contribution in [1.29, 1.82) is 0 Å². The third-order valence-electron chi connectivity index (χ3n) is 3.96. The molecule has 0 bridgehead atoms. The van der Waals surface area contributed by atoms with Crippen LogP contribution in [-0.2, 0) is 9.47 Å². The molecule has 8 heteroatoms. The Balaban J connectivity index is 2.09. The lowest BCUT2D eigenvalue weighted by Gasteiger charge is -2.34. The second-order valence-corrected chi connectivity index (χ2v) is 9.48. The molecule has 0 saturated carbocycles. The van der Waals surface area contributed by atoms with Gasteiger partial charge in [-0.2, -0.15) is 0 Å². The molecule has 1 aliphatic rings. The highest BCUT2D eigenvalue weighted by molar-refractivity contribution is 6.32. The highest BCUT2D eigenvalue weighted by Crippen LogP contribution is 2.31. The van der Waals surface area contributed by atoms with Crippen molar-refractivity contribution in [2.45, 2.75) is 71.7 Å². The van der Waals surface area contributed by atoms with Crippen molar-refractivity contribution in [1.82, 2.24) is 4.90 Å². The highest BCUT2D eigenvalue weighted by atomic mass is 35.5. The Morgan fingerprint density at radius 2 is 1.72 bits per heavy atom. The molecule has 0 aliphatic carbocycles. The normalized spacial score (nSPS) is 17.7. The maximum Gasteiger partial charge on any atom is 0.410 e. The molecule has 1 atom stereocenters. The fraction of sp³-hybridized carbons (Fsp3) is 0.619. The highest BCUT2D eigenvalue weighted by Gasteiger charge is 2.29. The number of hydrogen-bond donors (Lipinski definition) is 0. The van der Waals surface area contributed by atoms with Gasteiger partial charge in [0.15, 0.2) is 0 Å². The lowest BCUT2D eigenvalue weighted by atomic mass is 10.1. The topological polar surface area (TPSA) is 65.1 Å². The summed E-state index contributed by atoms with van der Waals surface area (Å²) in [5.74, 6) is -1.46. The number of halogens is 2. The number of esters is 1. The van der Waals surface area contributed by atoms with Crippen LogP contribution in [0.2, 0.25) is 5.02 Å². The lowest BCUT2D eigenvalue weighted by Crippen LogP contribution is -2.46. The molecule has 1 saturated heterocycles. The van der Waals surface area contributed by atoms with Crippen molar-refractivity contribution in [3.8, 4) is 5.75 Å². The first kappa shape index (κ1) is 23.3. The monoisotopic (exact) mass is 429 g/mol. The van der Waals surface area contributed by atoms with Crippen LogP contribution in [0.4, 0.5) is 9.18 Å². The van der Waals surface area contributed by atoms with Gasteiger partial charge in [-0.15, -0.1) is 0 Å². The Bertz CT molecular complexity index is 770. The van der Waals surface area contributed by atoms with Crippen molar-refractivity contribution in [3.05, 3.63) is 28.5 Å². The second kappa shape index (κ2) is 8.78. The van der Waals surface area contributed by atoms with Crippen molar-refractivity contribution >= 4 is 23.7 Å². The first-order valence-corrected chi connectivity index (χ1v) is 10.00. The van der Waals surface area contributed by atoms with Gasteiger partial charge in [-0.1, -0.05) is 11.6 Å². The molecule has 1 heterocycles. The number of rotatable bonds is 3. The van der Waals surface area contributed by atoms with Gasteiger partial charge in [0.25, 0.3) is 0 Å². The molecular formula is C21H29ClFNO5. The molecule has 1 aromatic carbocycles. The van der Waals surface area contributed by atoms with Crippen molar-refractivity contribution < 1.29 is 28.2 Å². The smallest absolute Gasteiger partial charge is 0.410 e. The fourth-order valence-corrected chi connectivity index (χ4v) is 3.02. The molecule has 1 aliphatic heterocycles. The van der Waals surface area contributed by atoms with Crippen LogP contribution in [-0.4, -0.2) is 47.4 Å². The Kier molecular flexibility index (Phi) is 7.04. The summed E-state index contributed by atoms with van der Waals surface area (Å²) in [5, 5.41) is 0.0988. The zero-order chi connectivity index (χ0) is 22.0. The van der Waals surface area contributed by atoms with Gasteiger partial charge in [0.05, 0.1) is 17.1 Å². The molecule has 1 amide bonds. The van der Waals surface area contributed by atoms with Crippen LogP contribution in [0.5, 0.6) is 5.75 Å². The lowest BCUT2D eigenvalue weighted by molar-refractivity contribution is 0.00549. The van der Waals surface area contributed by atoms with Crippen molar-refractivity contribution in [2.75, 3.05) is 13.1 Å². The van der Waals surface area contributed by atoms with Crippen LogP contribution in [0.15, 0.2) is 12.1 Å². The summed E-state index contributed by atoms with van der Waals surface area (Å²) in [7, 11) is 0. The van der Waals surface area contributed by atoms with E-state index in [1.807, 2.05) is 0 Å². The number of benzene rings is 1. The minimum Gasteiger partial charge on any atom is -0.487 e. The van der Waals surface area contributed by atoms with Gasteiger partial charge in [0.1, 0.15) is 28.9 Å². The average Bonchev–Trinajstić information content (AvgIpc) is 2.55. The number of amides is 1. The Labute approximate surface area is 176 Å². The molecular weight excluding hydrogens is 401 g/mol.